The molecule has 3 nitrogen and oxygen atoms in total. The zero-order valence-corrected chi connectivity index (χ0v) is 11.0. The van der Waals surface area contributed by atoms with Crippen LogP contribution in [0.3, 0.4) is 0 Å². The van der Waals surface area contributed by atoms with Crippen LogP contribution in [0.4, 0.5) is 11.5 Å². The van der Waals surface area contributed by atoms with E-state index in [1.807, 2.05) is 26.0 Å². The molecule has 1 aromatic carbocycles. The van der Waals surface area contributed by atoms with Gasteiger partial charge in [0, 0.05) is 10.7 Å². The predicted molar refractivity (Wildman–Crippen MR) is 71.3 cm³/mol. The van der Waals surface area contributed by atoms with E-state index in [0.29, 0.717) is 16.0 Å². The molecule has 1 aromatic heterocycles. The molecule has 0 atom stereocenters. The van der Waals surface area contributed by atoms with Crippen LogP contribution in [0.2, 0.25) is 10.2 Å². The molecular formula is C12H11Cl2N3. The van der Waals surface area contributed by atoms with E-state index in [-0.39, 0.29) is 0 Å². The SMILES string of the molecule is Cc1nc(Cl)c(Nc2cccc(Cl)c2)nc1C. The second kappa shape index (κ2) is 4.90. The van der Waals surface area contributed by atoms with Crippen molar-refractivity contribution in [2.45, 2.75) is 13.8 Å². The summed E-state index contributed by atoms with van der Waals surface area (Å²) in [5.74, 6) is 0.539. The Balaban J connectivity index is 2.33. The van der Waals surface area contributed by atoms with Crippen molar-refractivity contribution in [1.29, 1.82) is 0 Å². The van der Waals surface area contributed by atoms with Gasteiger partial charge in [-0.15, -0.1) is 0 Å². The van der Waals surface area contributed by atoms with Crippen molar-refractivity contribution in [2.24, 2.45) is 0 Å². The lowest BCUT2D eigenvalue weighted by atomic mass is 10.3. The van der Waals surface area contributed by atoms with Crippen molar-refractivity contribution >= 4 is 34.7 Å². The van der Waals surface area contributed by atoms with E-state index in [0.717, 1.165) is 17.1 Å². The Hall–Kier alpha value is -1.32. The zero-order valence-electron chi connectivity index (χ0n) is 9.46. The summed E-state index contributed by atoms with van der Waals surface area (Å²) in [6.07, 6.45) is 0. The summed E-state index contributed by atoms with van der Waals surface area (Å²) in [4.78, 5) is 8.55. The van der Waals surface area contributed by atoms with Crippen molar-refractivity contribution in [3.05, 3.63) is 45.8 Å². The molecule has 0 bridgehead atoms. The molecule has 0 aliphatic rings. The Bertz CT molecular complexity index is 555. The summed E-state index contributed by atoms with van der Waals surface area (Å²) in [6, 6.07) is 7.35. The van der Waals surface area contributed by atoms with Crippen molar-refractivity contribution in [3.8, 4) is 0 Å². The minimum atomic E-state index is 0.355. The fraction of sp³-hybridized carbons (Fsp3) is 0.167. The van der Waals surface area contributed by atoms with Gasteiger partial charge in [-0.25, -0.2) is 9.97 Å². The predicted octanol–water partition coefficient (Wildman–Crippen LogP) is 4.14. The number of nitrogens with zero attached hydrogens (tertiary/aromatic N) is 2. The second-order valence-electron chi connectivity index (χ2n) is 3.67. The van der Waals surface area contributed by atoms with Gasteiger partial charge in [0.1, 0.15) is 0 Å². The Kier molecular flexibility index (Phi) is 3.50. The van der Waals surface area contributed by atoms with Crippen LogP contribution in [-0.2, 0) is 0 Å². The normalized spacial score (nSPS) is 10.4. The van der Waals surface area contributed by atoms with Gasteiger partial charge in [-0.1, -0.05) is 29.3 Å². The lowest BCUT2D eigenvalue weighted by Gasteiger charge is -2.09. The zero-order chi connectivity index (χ0) is 12.4. The fourth-order valence-corrected chi connectivity index (χ4v) is 1.76. The number of anilines is 2. The molecule has 0 unspecified atom stereocenters. The maximum Gasteiger partial charge on any atom is 0.172 e. The molecule has 0 aliphatic carbocycles. The standard InChI is InChI=1S/C12H11Cl2N3/c1-7-8(2)16-12(11(14)15-7)17-10-5-3-4-9(13)6-10/h3-6H,1-2H3,(H,16,17). The van der Waals surface area contributed by atoms with Gasteiger partial charge in [0.25, 0.3) is 0 Å². The summed E-state index contributed by atoms with van der Waals surface area (Å²) in [6.45, 7) is 3.76. The molecule has 0 amide bonds. The number of hydrogen-bond donors (Lipinski definition) is 1. The third kappa shape index (κ3) is 2.87. The number of halogens is 2. The van der Waals surface area contributed by atoms with Crippen LogP contribution < -0.4 is 5.32 Å². The number of rotatable bonds is 2. The van der Waals surface area contributed by atoms with E-state index in [1.165, 1.54) is 0 Å². The molecule has 2 aromatic rings. The molecular weight excluding hydrogens is 257 g/mol. The first-order valence-corrected chi connectivity index (χ1v) is 5.85. The molecule has 88 valence electrons. The van der Waals surface area contributed by atoms with Crippen LogP contribution in [0, 0.1) is 13.8 Å². The van der Waals surface area contributed by atoms with E-state index in [2.05, 4.69) is 15.3 Å². The highest BCUT2D eigenvalue weighted by molar-refractivity contribution is 6.32. The monoisotopic (exact) mass is 267 g/mol. The molecule has 0 saturated carbocycles. The largest absolute Gasteiger partial charge is 0.338 e. The molecule has 0 radical (unpaired) electrons. The number of nitrogens with one attached hydrogen (secondary N) is 1. The number of aromatic nitrogens is 2. The van der Waals surface area contributed by atoms with Crippen molar-refractivity contribution in [3.63, 3.8) is 0 Å². The number of hydrogen-bond acceptors (Lipinski definition) is 3. The first kappa shape index (κ1) is 12.1. The van der Waals surface area contributed by atoms with E-state index >= 15 is 0 Å². The molecule has 5 heteroatoms. The Morgan fingerprint density at radius 3 is 2.47 bits per heavy atom. The molecule has 0 spiro atoms. The lowest BCUT2D eigenvalue weighted by Crippen LogP contribution is -2.00. The molecule has 17 heavy (non-hydrogen) atoms. The lowest BCUT2D eigenvalue weighted by molar-refractivity contribution is 1.05. The van der Waals surface area contributed by atoms with Gasteiger partial charge in [0.15, 0.2) is 11.0 Å². The molecule has 2 rings (SSSR count). The average molecular weight is 268 g/mol. The average Bonchev–Trinajstić information content (AvgIpc) is 2.26. The first-order valence-electron chi connectivity index (χ1n) is 5.09. The summed E-state index contributed by atoms with van der Waals surface area (Å²) in [7, 11) is 0. The van der Waals surface area contributed by atoms with Crippen LogP contribution in [-0.4, -0.2) is 9.97 Å². The van der Waals surface area contributed by atoms with Gasteiger partial charge >= 0.3 is 0 Å². The van der Waals surface area contributed by atoms with Crippen LogP contribution in [0.25, 0.3) is 0 Å². The maximum absolute atomic E-state index is 6.02. The van der Waals surface area contributed by atoms with E-state index in [9.17, 15) is 0 Å². The van der Waals surface area contributed by atoms with Crippen LogP contribution >= 0.6 is 23.2 Å². The van der Waals surface area contributed by atoms with Crippen molar-refractivity contribution in [1.82, 2.24) is 9.97 Å². The third-order valence-corrected chi connectivity index (χ3v) is 2.85. The summed E-state index contributed by atoms with van der Waals surface area (Å²) in [5, 5.41) is 4.10. The molecule has 0 aliphatic heterocycles. The molecule has 1 heterocycles. The Labute approximate surface area is 110 Å². The first-order chi connectivity index (χ1) is 8.06. The summed E-state index contributed by atoms with van der Waals surface area (Å²) >= 11 is 11.9. The quantitative estimate of drug-likeness (QED) is 0.889. The van der Waals surface area contributed by atoms with Gasteiger partial charge in [-0.05, 0) is 32.0 Å². The Morgan fingerprint density at radius 1 is 1.06 bits per heavy atom. The van der Waals surface area contributed by atoms with Gasteiger partial charge < -0.3 is 5.32 Å². The van der Waals surface area contributed by atoms with E-state index in [4.69, 9.17) is 23.2 Å². The molecule has 0 fully saturated rings. The highest BCUT2D eigenvalue weighted by Crippen LogP contribution is 2.24. The summed E-state index contributed by atoms with van der Waals surface area (Å²) < 4.78 is 0. The minimum Gasteiger partial charge on any atom is -0.338 e. The molecule has 1 N–H and O–H groups in total. The fourth-order valence-electron chi connectivity index (χ4n) is 1.36. The minimum absolute atomic E-state index is 0.355. The number of benzene rings is 1. The molecule has 0 saturated heterocycles. The Morgan fingerprint density at radius 2 is 1.76 bits per heavy atom. The van der Waals surface area contributed by atoms with Gasteiger partial charge in [-0.2, -0.15) is 0 Å². The third-order valence-electron chi connectivity index (χ3n) is 2.35. The summed E-state index contributed by atoms with van der Waals surface area (Å²) in [5.41, 5.74) is 2.50. The van der Waals surface area contributed by atoms with Crippen molar-refractivity contribution < 1.29 is 0 Å². The van der Waals surface area contributed by atoms with Gasteiger partial charge in [0.2, 0.25) is 0 Å². The van der Waals surface area contributed by atoms with Crippen molar-refractivity contribution in [2.75, 3.05) is 5.32 Å². The topological polar surface area (TPSA) is 37.8 Å². The van der Waals surface area contributed by atoms with E-state index < -0.39 is 0 Å². The van der Waals surface area contributed by atoms with Crippen LogP contribution in [0.15, 0.2) is 24.3 Å². The maximum atomic E-state index is 6.02. The smallest absolute Gasteiger partial charge is 0.172 e. The van der Waals surface area contributed by atoms with Crippen LogP contribution in [0.5, 0.6) is 0 Å². The van der Waals surface area contributed by atoms with Crippen LogP contribution in [0.1, 0.15) is 11.4 Å². The van der Waals surface area contributed by atoms with E-state index in [1.54, 1.807) is 12.1 Å². The number of aryl methyl sites for hydroxylation is 2. The highest BCUT2D eigenvalue weighted by Gasteiger charge is 2.07. The van der Waals surface area contributed by atoms with Gasteiger partial charge in [-0.3, -0.25) is 0 Å². The highest BCUT2D eigenvalue weighted by atomic mass is 35.5. The second-order valence-corrected chi connectivity index (χ2v) is 4.46. The van der Waals surface area contributed by atoms with Gasteiger partial charge in [0.05, 0.1) is 11.4 Å².